The number of carbonyl (C=O) groups is 3. The number of amides is 3. The molecule has 0 radical (unpaired) electrons. The van der Waals surface area contributed by atoms with Crippen molar-refractivity contribution >= 4 is 40.6 Å². The summed E-state index contributed by atoms with van der Waals surface area (Å²) in [6.45, 7) is 1.64. The number of ether oxygens (including phenoxy) is 1. The number of aromatic nitrogens is 1. The summed E-state index contributed by atoms with van der Waals surface area (Å²) in [5.74, 6) is -2.24. The van der Waals surface area contributed by atoms with E-state index in [0.29, 0.717) is 17.3 Å². The highest BCUT2D eigenvalue weighted by molar-refractivity contribution is 7.09. The number of hydrogen-bond acceptors (Lipinski definition) is 7. The van der Waals surface area contributed by atoms with Crippen LogP contribution in [-0.2, 0) is 11.3 Å². The molecule has 11 heteroatoms. The van der Waals surface area contributed by atoms with Gasteiger partial charge in [0.15, 0.2) is 5.69 Å². The lowest BCUT2D eigenvalue weighted by atomic mass is 10.1. The first-order valence-electron chi connectivity index (χ1n) is 9.78. The topological polar surface area (TPSA) is 141 Å². The minimum absolute atomic E-state index is 0.122. The van der Waals surface area contributed by atoms with Crippen molar-refractivity contribution in [1.29, 1.82) is 0 Å². The van der Waals surface area contributed by atoms with Crippen molar-refractivity contribution in [3.05, 3.63) is 70.5 Å². The number of primary amides is 1. The summed E-state index contributed by atoms with van der Waals surface area (Å²) in [6, 6.07) is 11.5. The number of nitrogens with two attached hydrogens (primary N) is 2. The first-order chi connectivity index (χ1) is 15.7. The van der Waals surface area contributed by atoms with E-state index in [4.69, 9.17) is 16.2 Å². The van der Waals surface area contributed by atoms with Gasteiger partial charge in [-0.1, -0.05) is 24.3 Å². The summed E-state index contributed by atoms with van der Waals surface area (Å²) in [5, 5.41) is 2.74. The van der Waals surface area contributed by atoms with E-state index in [9.17, 15) is 18.8 Å². The van der Waals surface area contributed by atoms with Gasteiger partial charge in [-0.25, -0.2) is 4.39 Å². The highest BCUT2D eigenvalue weighted by Gasteiger charge is 2.33. The number of para-hydroxylation sites is 1. The van der Waals surface area contributed by atoms with Crippen LogP contribution in [0, 0.1) is 5.82 Å². The molecule has 3 aromatic rings. The molecule has 0 aliphatic carbocycles. The van der Waals surface area contributed by atoms with Gasteiger partial charge in [0.2, 0.25) is 5.91 Å². The van der Waals surface area contributed by atoms with Crippen LogP contribution in [0.2, 0.25) is 0 Å². The molecule has 0 saturated heterocycles. The molecule has 5 N–H and O–H groups in total. The summed E-state index contributed by atoms with van der Waals surface area (Å²) >= 11 is 0.651. The summed E-state index contributed by atoms with van der Waals surface area (Å²) in [6.07, 6.45) is 0. The van der Waals surface area contributed by atoms with Gasteiger partial charge in [-0.15, -0.1) is 0 Å². The fraction of sp³-hybridized carbons (Fsp3) is 0.182. The number of hydrogen-bond donors (Lipinski definition) is 3. The van der Waals surface area contributed by atoms with Crippen molar-refractivity contribution in [1.82, 2.24) is 9.69 Å². The quantitative estimate of drug-likeness (QED) is 0.461. The lowest BCUT2D eigenvalue weighted by Gasteiger charge is -2.28. The third-order valence-corrected chi connectivity index (χ3v) is 5.73. The van der Waals surface area contributed by atoms with Crippen molar-refractivity contribution in [2.45, 2.75) is 19.5 Å². The number of carbonyl (C=O) groups excluding carboxylic acids is 3. The van der Waals surface area contributed by atoms with E-state index in [0.717, 1.165) is 10.5 Å². The molecule has 0 aliphatic heterocycles. The number of nitrogen functional groups attached to an aromatic ring is 1. The van der Waals surface area contributed by atoms with Gasteiger partial charge in [-0.2, -0.15) is 4.37 Å². The molecule has 1 aromatic heterocycles. The molecule has 0 bridgehead atoms. The van der Waals surface area contributed by atoms with Crippen LogP contribution in [-0.4, -0.2) is 35.2 Å². The molecule has 2 aromatic carbocycles. The van der Waals surface area contributed by atoms with Gasteiger partial charge >= 0.3 is 0 Å². The van der Waals surface area contributed by atoms with E-state index in [1.165, 1.54) is 31.2 Å². The Hall–Kier alpha value is -3.99. The van der Waals surface area contributed by atoms with Gasteiger partial charge in [-0.05, 0) is 48.3 Å². The molecule has 172 valence electrons. The van der Waals surface area contributed by atoms with E-state index in [1.54, 1.807) is 31.4 Å². The van der Waals surface area contributed by atoms with Crippen molar-refractivity contribution in [2.24, 2.45) is 5.73 Å². The van der Waals surface area contributed by atoms with E-state index in [2.05, 4.69) is 9.69 Å². The average molecular weight is 472 g/mol. The molecule has 1 heterocycles. The largest absolute Gasteiger partial charge is 0.497 e. The summed E-state index contributed by atoms with van der Waals surface area (Å²) < 4.78 is 23.6. The standard InChI is InChI=1S/C22H22FN5O4S/c1-12(21(30)26-11-13-7-9-14(32-2)10-8-13)28(16-6-4-3-5-15(16)23)22(31)19-17(24)18(20(25)29)27-33-19/h3-10,12H,11,24H2,1-2H3,(H2,25,29)(H,26,30). The maximum absolute atomic E-state index is 14.6. The zero-order chi connectivity index (χ0) is 24.1. The van der Waals surface area contributed by atoms with Crippen molar-refractivity contribution in [2.75, 3.05) is 17.7 Å². The van der Waals surface area contributed by atoms with Crippen molar-refractivity contribution in [3.8, 4) is 5.75 Å². The molecule has 0 aliphatic rings. The van der Waals surface area contributed by atoms with Crippen LogP contribution < -0.4 is 26.4 Å². The molecule has 0 saturated carbocycles. The lowest BCUT2D eigenvalue weighted by molar-refractivity contribution is -0.122. The van der Waals surface area contributed by atoms with Crippen LogP contribution >= 0.6 is 11.5 Å². The Balaban J connectivity index is 1.88. The predicted molar refractivity (Wildman–Crippen MR) is 123 cm³/mol. The molecule has 3 rings (SSSR count). The van der Waals surface area contributed by atoms with Crippen molar-refractivity contribution < 1.29 is 23.5 Å². The second-order valence-electron chi connectivity index (χ2n) is 7.01. The molecular weight excluding hydrogens is 449 g/mol. The number of halogens is 1. The fourth-order valence-electron chi connectivity index (χ4n) is 3.08. The van der Waals surface area contributed by atoms with Gasteiger partial charge in [0.25, 0.3) is 11.8 Å². The number of methoxy groups -OCH3 is 1. The van der Waals surface area contributed by atoms with Crippen LogP contribution in [0.25, 0.3) is 0 Å². The zero-order valence-corrected chi connectivity index (χ0v) is 18.7. The average Bonchev–Trinajstić information content (AvgIpc) is 3.20. The van der Waals surface area contributed by atoms with Gasteiger partial charge in [0, 0.05) is 6.54 Å². The zero-order valence-electron chi connectivity index (χ0n) is 17.9. The Labute approximate surface area is 193 Å². The molecule has 1 atom stereocenters. The van der Waals surface area contributed by atoms with Crippen LogP contribution in [0.5, 0.6) is 5.75 Å². The maximum Gasteiger partial charge on any atom is 0.272 e. The predicted octanol–water partition coefficient (Wildman–Crippen LogP) is 2.32. The highest BCUT2D eigenvalue weighted by atomic mass is 32.1. The summed E-state index contributed by atoms with van der Waals surface area (Å²) in [7, 11) is 1.55. The molecule has 0 spiro atoms. The van der Waals surface area contributed by atoms with E-state index < -0.39 is 29.6 Å². The van der Waals surface area contributed by atoms with Crippen LogP contribution in [0.15, 0.2) is 48.5 Å². The minimum atomic E-state index is -1.12. The number of nitrogens with one attached hydrogen (secondary N) is 1. The number of rotatable bonds is 8. The molecule has 33 heavy (non-hydrogen) atoms. The lowest BCUT2D eigenvalue weighted by Crippen LogP contribution is -2.48. The Kier molecular flexibility index (Phi) is 7.23. The van der Waals surface area contributed by atoms with Gasteiger partial charge in [-0.3, -0.25) is 19.3 Å². The van der Waals surface area contributed by atoms with E-state index >= 15 is 0 Å². The van der Waals surface area contributed by atoms with Crippen LogP contribution in [0.4, 0.5) is 15.8 Å². The van der Waals surface area contributed by atoms with E-state index in [-0.39, 0.29) is 28.5 Å². The van der Waals surface area contributed by atoms with Crippen LogP contribution in [0.3, 0.4) is 0 Å². The third kappa shape index (κ3) is 5.09. The van der Waals surface area contributed by atoms with E-state index in [1.807, 2.05) is 0 Å². The molecule has 3 amide bonds. The summed E-state index contributed by atoms with van der Waals surface area (Å²) in [5.41, 5.74) is 11.3. The first kappa shape index (κ1) is 23.7. The maximum atomic E-state index is 14.6. The fourth-order valence-corrected chi connectivity index (χ4v) is 3.82. The highest BCUT2D eigenvalue weighted by Crippen LogP contribution is 2.29. The Morgan fingerprint density at radius 3 is 2.42 bits per heavy atom. The monoisotopic (exact) mass is 471 g/mol. The van der Waals surface area contributed by atoms with Gasteiger partial charge < -0.3 is 21.5 Å². The second kappa shape index (κ2) is 10.1. The Morgan fingerprint density at radius 1 is 1.18 bits per heavy atom. The second-order valence-corrected chi connectivity index (χ2v) is 7.78. The Bertz CT molecular complexity index is 1180. The van der Waals surface area contributed by atoms with Crippen molar-refractivity contribution in [3.63, 3.8) is 0 Å². The minimum Gasteiger partial charge on any atom is -0.497 e. The van der Waals surface area contributed by atoms with Gasteiger partial charge in [0.1, 0.15) is 22.5 Å². The van der Waals surface area contributed by atoms with Crippen LogP contribution in [0.1, 0.15) is 32.6 Å². The first-order valence-corrected chi connectivity index (χ1v) is 10.6. The number of nitrogens with zero attached hydrogens (tertiary/aromatic N) is 2. The molecular formula is C22H22FN5O4S. The third-order valence-electron chi connectivity index (χ3n) is 4.88. The molecule has 0 fully saturated rings. The normalized spacial score (nSPS) is 11.5. The smallest absolute Gasteiger partial charge is 0.272 e. The SMILES string of the molecule is COc1ccc(CNC(=O)C(C)N(C(=O)c2snc(C(N)=O)c2N)c2ccccc2F)cc1. The Morgan fingerprint density at radius 2 is 1.85 bits per heavy atom. The number of anilines is 2. The number of benzene rings is 2. The summed E-state index contributed by atoms with van der Waals surface area (Å²) in [4.78, 5) is 38.6. The van der Waals surface area contributed by atoms with Gasteiger partial charge in [0.05, 0.1) is 18.5 Å². The molecule has 9 nitrogen and oxygen atoms in total. The molecule has 1 unspecified atom stereocenters.